The summed E-state index contributed by atoms with van der Waals surface area (Å²) in [7, 11) is 0. The smallest absolute Gasteiger partial charge is 0.416 e. The topological polar surface area (TPSA) is 80.2 Å². The lowest BCUT2D eigenvalue weighted by molar-refractivity contribution is -0.137. The van der Waals surface area contributed by atoms with Gasteiger partial charge in [-0.3, -0.25) is 4.90 Å². The molecule has 29 heavy (non-hydrogen) atoms. The minimum Gasteiger partial charge on any atom is -0.467 e. The van der Waals surface area contributed by atoms with Crippen molar-refractivity contribution in [2.45, 2.75) is 37.7 Å². The molecule has 154 valence electrons. The lowest BCUT2D eigenvalue weighted by Crippen LogP contribution is -2.42. The number of tetrazole rings is 1. The summed E-state index contributed by atoms with van der Waals surface area (Å²) in [5.74, 6) is 1.39. The summed E-state index contributed by atoms with van der Waals surface area (Å²) in [6.07, 6.45) is -2.20. The molecule has 0 unspecified atom stereocenters. The molecule has 1 N–H and O–H groups in total. The molecule has 1 aromatic carbocycles. The first-order valence-electron chi connectivity index (χ1n) is 9.23. The maximum absolute atomic E-state index is 13.0. The van der Waals surface area contributed by atoms with Crippen molar-refractivity contribution in [1.29, 1.82) is 0 Å². The molecule has 0 bridgehead atoms. The normalized spacial score (nSPS) is 17.5. The first kappa shape index (κ1) is 19.6. The second-order valence-electron chi connectivity index (χ2n) is 7.22. The number of aliphatic hydroxyl groups is 1. The molecule has 0 spiro atoms. The number of benzene rings is 1. The van der Waals surface area contributed by atoms with Crippen LogP contribution in [0.3, 0.4) is 0 Å². The monoisotopic (exact) mass is 407 g/mol. The summed E-state index contributed by atoms with van der Waals surface area (Å²) >= 11 is 0. The van der Waals surface area contributed by atoms with Crippen LogP contribution in [0.1, 0.15) is 35.6 Å². The highest BCUT2D eigenvalue weighted by Gasteiger charge is 2.37. The summed E-state index contributed by atoms with van der Waals surface area (Å²) < 4.78 is 45.9. The number of aromatic nitrogens is 4. The number of furan rings is 1. The molecule has 0 atom stereocenters. The van der Waals surface area contributed by atoms with E-state index >= 15 is 0 Å². The van der Waals surface area contributed by atoms with Gasteiger partial charge in [0, 0.05) is 13.1 Å². The third-order valence-corrected chi connectivity index (χ3v) is 5.27. The van der Waals surface area contributed by atoms with Gasteiger partial charge in [-0.2, -0.15) is 13.2 Å². The van der Waals surface area contributed by atoms with Gasteiger partial charge in [0.15, 0.2) is 5.82 Å². The zero-order valence-corrected chi connectivity index (χ0v) is 15.5. The molecular formula is C19H20F3N5O2. The minimum absolute atomic E-state index is 0.301. The fourth-order valence-corrected chi connectivity index (χ4v) is 3.56. The van der Waals surface area contributed by atoms with Gasteiger partial charge < -0.3 is 9.52 Å². The molecule has 0 radical (unpaired) electrons. The molecule has 3 aromatic rings. The van der Waals surface area contributed by atoms with Crippen LogP contribution in [0.15, 0.2) is 47.1 Å². The van der Waals surface area contributed by atoms with Gasteiger partial charge in [0.05, 0.1) is 24.0 Å². The first-order chi connectivity index (χ1) is 13.8. The molecular weight excluding hydrogens is 387 g/mol. The summed E-state index contributed by atoms with van der Waals surface area (Å²) in [6.45, 7) is 1.92. The van der Waals surface area contributed by atoms with Gasteiger partial charge in [0.1, 0.15) is 12.3 Å². The molecule has 1 aliphatic heterocycles. The van der Waals surface area contributed by atoms with Crippen LogP contribution >= 0.6 is 0 Å². The van der Waals surface area contributed by atoms with Crippen molar-refractivity contribution in [2.75, 3.05) is 13.1 Å². The summed E-state index contributed by atoms with van der Waals surface area (Å²) in [5, 5.41) is 22.7. The van der Waals surface area contributed by atoms with E-state index in [2.05, 4.69) is 20.4 Å². The van der Waals surface area contributed by atoms with E-state index in [1.54, 1.807) is 23.1 Å². The minimum atomic E-state index is -4.43. The van der Waals surface area contributed by atoms with Crippen molar-refractivity contribution in [3.63, 3.8) is 0 Å². The SMILES string of the molecule is OC1(c2cccc(C(F)(F)F)c2)CCN(Cc2nnnn2Cc2ccco2)CC1. The second kappa shape index (κ2) is 7.60. The number of rotatable bonds is 5. The zero-order chi connectivity index (χ0) is 20.5. The van der Waals surface area contributed by atoms with Crippen LogP contribution in [0, 0.1) is 0 Å². The molecule has 7 nitrogen and oxygen atoms in total. The number of piperidine rings is 1. The summed E-state index contributed by atoms with van der Waals surface area (Å²) in [4.78, 5) is 2.08. The van der Waals surface area contributed by atoms with Gasteiger partial charge in [-0.25, -0.2) is 4.68 Å². The highest BCUT2D eigenvalue weighted by Crippen LogP contribution is 2.36. The zero-order valence-electron chi connectivity index (χ0n) is 15.5. The van der Waals surface area contributed by atoms with Crippen LogP contribution < -0.4 is 0 Å². The quantitative estimate of drug-likeness (QED) is 0.701. The highest BCUT2D eigenvalue weighted by atomic mass is 19.4. The van der Waals surface area contributed by atoms with Crippen molar-refractivity contribution in [1.82, 2.24) is 25.1 Å². The van der Waals surface area contributed by atoms with E-state index in [0.717, 1.165) is 17.9 Å². The van der Waals surface area contributed by atoms with Crippen LogP contribution in [0.2, 0.25) is 0 Å². The Balaban J connectivity index is 1.41. The number of hydrogen-bond donors (Lipinski definition) is 1. The molecule has 1 fully saturated rings. The molecule has 1 saturated heterocycles. The molecule has 0 amide bonds. The Labute approximate surface area is 164 Å². The van der Waals surface area contributed by atoms with Crippen molar-refractivity contribution in [2.24, 2.45) is 0 Å². The van der Waals surface area contributed by atoms with Crippen LogP contribution in [0.4, 0.5) is 13.2 Å². The van der Waals surface area contributed by atoms with Gasteiger partial charge in [-0.15, -0.1) is 5.10 Å². The second-order valence-corrected chi connectivity index (χ2v) is 7.22. The predicted molar refractivity (Wildman–Crippen MR) is 95.5 cm³/mol. The lowest BCUT2D eigenvalue weighted by Gasteiger charge is -2.38. The highest BCUT2D eigenvalue weighted by molar-refractivity contribution is 5.30. The molecule has 4 rings (SSSR count). The van der Waals surface area contributed by atoms with Gasteiger partial charge in [0.2, 0.25) is 0 Å². The third kappa shape index (κ3) is 4.33. The van der Waals surface area contributed by atoms with E-state index in [0.29, 0.717) is 50.4 Å². The molecule has 0 aliphatic carbocycles. The van der Waals surface area contributed by atoms with E-state index < -0.39 is 17.3 Å². The predicted octanol–water partition coefficient (Wildman–Crippen LogP) is 2.82. The number of halogens is 3. The standard InChI is InChI=1S/C19H20F3N5O2/c20-19(21,22)15-4-1-3-14(11-15)18(28)6-8-26(9-7-18)13-17-23-24-25-27(17)12-16-5-2-10-29-16/h1-5,10-11,28H,6-9,12-13H2. The van der Waals surface area contributed by atoms with Crippen molar-refractivity contribution in [3.05, 3.63) is 65.4 Å². The average Bonchev–Trinajstić information content (AvgIpc) is 3.36. The Bertz CT molecular complexity index is 947. The number of likely N-dealkylation sites (tertiary alicyclic amines) is 1. The molecule has 10 heteroatoms. The molecule has 3 heterocycles. The maximum Gasteiger partial charge on any atom is 0.416 e. The number of hydrogen-bond acceptors (Lipinski definition) is 6. The van der Waals surface area contributed by atoms with Crippen molar-refractivity contribution >= 4 is 0 Å². The maximum atomic E-state index is 13.0. The Kier molecular flexibility index (Phi) is 5.13. The van der Waals surface area contributed by atoms with E-state index in [1.807, 2.05) is 6.07 Å². The van der Waals surface area contributed by atoms with Crippen molar-refractivity contribution < 1.29 is 22.7 Å². The Morgan fingerprint density at radius 3 is 2.59 bits per heavy atom. The van der Waals surface area contributed by atoms with Gasteiger partial charge in [0.25, 0.3) is 0 Å². The van der Waals surface area contributed by atoms with E-state index in [4.69, 9.17) is 4.42 Å². The first-order valence-corrected chi connectivity index (χ1v) is 9.23. The van der Waals surface area contributed by atoms with Crippen LogP contribution in [0.5, 0.6) is 0 Å². The Morgan fingerprint density at radius 2 is 1.90 bits per heavy atom. The van der Waals surface area contributed by atoms with Crippen molar-refractivity contribution in [3.8, 4) is 0 Å². The molecule has 1 aliphatic rings. The number of nitrogens with zero attached hydrogens (tertiary/aromatic N) is 5. The Morgan fingerprint density at radius 1 is 1.10 bits per heavy atom. The van der Waals surface area contributed by atoms with Gasteiger partial charge >= 0.3 is 6.18 Å². The van der Waals surface area contributed by atoms with E-state index in [9.17, 15) is 18.3 Å². The fourth-order valence-electron chi connectivity index (χ4n) is 3.56. The molecule has 0 saturated carbocycles. The largest absolute Gasteiger partial charge is 0.467 e. The van der Waals surface area contributed by atoms with Gasteiger partial charge in [-0.1, -0.05) is 12.1 Å². The summed E-state index contributed by atoms with van der Waals surface area (Å²) in [6, 6.07) is 8.57. The van der Waals surface area contributed by atoms with Crippen LogP contribution in [-0.4, -0.2) is 43.3 Å². The van der Waals surface area contributed by atoms with E-state index in [1.165, 1.54) is 6.07 Å². The molecule has 2 aromatic heterocycles. The van der Waals surface area contributed by atoms with Crippen LogP contribution in [0.25, 0.3) is 0 Å². The van der Waals surface area contributed by atoms with Crippen LogP contribution in [-0.2, 0) is 24.9 Å². The fraction of sp³-hybridized carbons (Fsp3) is 0.421. The average molecular weight is 407 g/mol. The Hall–Kier alpha value is -2.72. The lowest BCUT2D eigenvalue weighted by atomic mass is 9.83. The van der Waals surface area contributed by atoms with Gasteiger partial charge in [-0.05, 0) is 53.1 Å². The third-order valence-electron chi connectivity index (χ3n) is 5.27. The summed E-state index contributed by atoms with van der Waals surface area (Å²) in [5.41, 5.74) is -1.73. The number of alkyl halides is 3. The van der Waals surface area contributed by atoms with E-state index in [-0.39, 0.29) is 0 Å².